The summed E-state index contributed by atoms with van der Waals surface area (Å²) in [6.07, 6.45) is 0. The molecular formula is C23H20N2O5. The topological polar surface area (TPSA) is 89.8 Å². The lowest BCUT2D eigenvalue weighted by molar-refractivity contribution is -0.385. The fourth-order valence-corrected chi connectivity index (χ4v) is 2.94. The number of hydrogen-bond acceptors (Lipinski definition) is 5. The van der Waals surface area contributed by atoms with Crippen molar-refractivity contribution in [3.8, 4) is 0 Å². The van der Waals surface area contributed by atoms with Crippen molar-refractivity contribution in [2.45, 2.75) is 13.1 Å². The summed E-state index contributed by atoms with van der Waals surface area (Å²) in [6.45, 7) is 0.180. The van der Waals surface area contributed by atoms with Crippen LogP contribution in [0.5, 0.6) is 0 Å². The van der Waals surface area contributed by atoms with Crippen molar-refractivity contribution in [3.05, 3.63) is 112 Å². The van der Waals surface area contributed by atoms with E-state index in [0.29, 0.717) is 13.1 Å². The molecule has 0 radical (unpaired) electrons. The van der Waals surface area contributed by atoms with Gasteiger partial charge in [-0.2, -0.15) is 0 Å². The summed E-state index contributed by atoms with van der Waals surface area (Å²) < 4.78 is 5.10. The SMILES string of the molecule is O=C(OCC(=O)N(Cc1ccccc1)Cc1ccccc1)c1ccccc1[N+](=O)[O-]. The van der Waals surface area contributed by atoms with Crippen molar-refractivity contribution in [1.82, 2.24) is 4.90 Å². The maximum atomic E-state index is 12.8. The molecule has 0 spiro atoms. The Balaban J connectivity index is 1.71. The molecule has 7 nitrogen and oxygen atoms in total. The number of benzene rings is 3. The van der Waals surface area contributed by atoms with Gasteiger partial charge in [0.25, 0.3) is 11.6 Å². The summed E-state index contributed by atoms with van der Waals surface area (Å²) in [6, 6.07) is 24.4. The standard InChI is InChI=1S/C23H20N2O5/c26-22(17-30-23(27)20-13-7-8-14-21(20)25(28)29)24(15-18-9-3-1-4-10-18)16-19-11-5-2-6-12-19/h1-14H,15-17H2. The highest BCUT2D eigenvalue weighted by molar-refractivity contribution is 5.95. The van der Waals surface area contributed by atoms with Crippen molar-refractivity contribution in [2.24, 2.45) is 0 Å². The highest BCUT2D eigenvalue weighted by atomic mass is 16.6. The van der Waals surface area contributed by atoms with Crippen molar-refractivity contribution in [2.75, 3.05) is 6.61 Å². The molecule has 0 unspecified atom stereocenters. The molecule has 3 aromatic carbocycles. The van der Waals surface area contributed by atoms with Crippen LogP contribution in [0.1, 0.15) is 21.5 Å². The lowest BCUT2D eigenvalue weighted by atomic mass is 10.1. The van der Waals surface area contributed by atoms with E-state index in [9.17, 15) is 19.7 Å². The number of nitro benzene ring substituents is 1. The number of carbonyl (C=O) groups is 2. The van der Waals surface area contributed by atoms with Gasteiger partial charge in [-0.25, -0.2) is 4.79 Å². The van der Waals surface area contributed by atoms with Gasteiger partial charge in [-0.15, -0.1) is 0 Å². The zero-order valence-corrected chi connectivity index (χ0v) is 16.1. The lowest BCUT2D eigenvalue weighted by Crippen LogP contribution is -2.34. The molecule has 0 aliphatic carbocycles. The van der Waals surface area contributed by atoms with Gasteiger partial charge in [-0.1, -0.05) is 72.8 Å². The molecule has 0 fully saturated rings. The van der Waals surface area contributed by atoms with Gasteiger partial charge >= 0.3 is 5.97 Å². The summed E-state index contributed by atoms with van der Waals surface area (Å²) in [5.74, 6) is -1.30. The minimum atomic E-state index is -0.907. The predicted octanol–water partition coefficient (Wildman–Crippen LogP) is 3.98. The number of esters is 1. The van der Waals surface area contributed by atoms with Crippen LogP contribution in [0.3, 0.4) is 0 Å². The van der Waals surface area contributed by atoms with E-state index >= 15 is 0 Å². The van der Waals surface area contributed by atoms with E-state index in [1.807, 2.05) is 60.7 Å². The maximum absolute atomic E-state index is 12.8. The van der Waals surface area contributed by atoms with Gasteiger partial charge in [0.05, 0.1) is 4.92 Å². The van der Waals surface area contributed by atoms with E-state index in [1.165, 1.54) is 24.3 Å². The first kappa shape index (κ1) is 20.7. The van der Waals surface area contributed by atoms with Gasteiger partial charge in [0.2, 0.25) is 0 Å². The van der Waals surface area contributed by atoms with Crippen LogP contribution in [0, 0.1) is 10.1 Å². The molecule has 152 valence electrons. The Labute approximate surface area is 173 Å². The first-order valence-corrected chi connectivity index (χ1v) is 9.31. The summed E-state index contributed by atoms with van der Waals surface area (Å²) in [5.41, 5.74) is 1.33. The normalized spacial score (nSPS) is 10.3. The van der Waals surface area contributed by atoms with Crippen molar-refractivity contribution in [3.63, 3.8) is 0 Å². The average molecular weight is 404 g/mol. The van der Waals surface area contributed by atoms with Gasteiger partial charge in [-0.05, 0) is 17.2 Å². The highest BCUT2D eigenvalue weighted by Crippen LogP contribution is 2.19. The first-order chi connectivity index (χ1) is 14.5. The molecule has 7 heteroatoms. The molecule has 0 N–H and O–H groups in total. The number of ether oxygens (including phenoxy) is 1. The third-order valence-electron chi connectivity index (χ3n) is 4.43. The van der Waals surface area contributed by atoms with Crippen LogP contribution < -0.4 is 0 Å². The lowest BCUT2D eigenvalue weighted by Gasteiger charge is -2.23. The molecule has 3 rings (SSSR count). The number of amides is 1. The Morgan fingerprint density at radius 2 is 1.30 bits per heavy atom. The van der Waals surface area contributed by atoms with Gasteiger partial charge in [-0.3, -0.25) is 14.9 Å². The average Bonchev–Trinajstić information content (AvgIpc) is 2.78. The zero-order chi connectivity index (χ0) is 21.3. The van der Waals surface area contributed by atoms with Crippen LogP contribution in [-0.4, -0.2) is 28.3 Å². The molecule has 0 saturated carbocycles. The number of rotatable bonds is 8. The van der Waals surface area contributed by atoms with Crippen molar-refractivity contribution >= 4 is 17.6 Å². The third kappa shape index (κ3) is 5.51. The van der Waals surface area contributed by atoms with Crippen molar-refractivity contribution < 1.29 is 19.2 Å². The smallest absolute Gasteiger partial charge is 0.345 e. The molecule has 30 heavy (non-hydrogen) atoms. The molecule has 0 saturated heterocycles. The fraction of sp³-hybridized carbons (Fsp3) is 0.130. The van der Waals surface area contributed by atoms with E-state index < -0.39 is 23.4 Å². The van der Waals surface area contributed by atoms with E-state index in [1.54, 1.807) is 4.90 Å². The molecular weight excluding hydrogens is 384 g/mol. The van der Waals surface area contributed by atoms with Crippen LogP contribution in [-0.2, 0) is 22.6 Å². The van der Waals surface area contributed by atoms with Crippen LogP contribution in [0.25, 0.3) is 0 Å². The third-order valence-corrected chi connectivity index (χ3v) is 4.43. The molecule has 0 aliphatic heterocycles. The van der Waals surface area contributed by atoms with Gasteiger partial charge in [0.1, 0.15) is 5.56 Å². The largest absolute Gasteiger partial charge is 0.452 e. The quantitative estimate of drug-likeness (QED) is 0.322. The number of carbonyl (C=O) groups excluding carboxylic acids is 2. The minimum Gasteiger partial charge on any atom is -0.452 e. The molecule has 3 aromatic rings. The van der Waals surface area contributed by atoms with Crippen LogP contribution in [0.4, 0.5) is 5.69 Å². The van der Waals surface area contributed by atoms with Gasteiger partial charge in [0, 0.05) is 19.2 Å². The van der Waals surface area contributed by atoms with Gasteiger partial charge < -0.3 is 9.64 Å². The Bertz CT molecular complexity index is 981. The molecule has 0 aliphatic rings. The summed E-state index contributed by atoms with van der Waals surface area (Å²) in [4.78, 5) is 37.2. The minimum absolute atomic E-state index is 0.187. The maximum Gasteiger partial charge on any atom is 0.345 e. The molecule has 0 aromatic heterocycles. The number of hydrogen-bond donors (Lipinski definition) is 0. The Morgan fingerprint density at radius 1 is 0.800 bits per heavy atom. The number of nitrogens with zero attached hydrogens (tertiary/aromatic N) is 2. The van der Waals surface area contributed by atoms with Crippen LogP contribution >= 0.6 is 0 Å². The Kier molecular flexibility index (Phi) is 6.89. The van der Waals surface area contributed by atoms with Crippen LogP contribution in [0.2, 0.25) is 0 Å². The zero-order valence-electron chi connectivity index (χ0n) is 16.1. The summed E-state index contributed by atoms with van der Waals surface area (Å²) in [7, 11) is 0. The Hall–Kier alpha value is -4.00. The van der Waals surface area contributed by atoms with Crippen LogP contribution in [0.15, 0.2) is 84.9 Å². The first-order valence-electron chi connectivity index (χ1n) is 9.31. The molecule has 0 heterocycles. The fourth-order valence-electron chi connectivity index (χ4n) is 2.94. The second-order valence-electron chi connectivity index (χ2n) is 6.57. The number of para-hydroxylation sites is 1. The van der Waals surface area contributed by atoms with E-state index in [4.69, 9.17) is 4.74 Å². The van der Waals surface area contributed by atoms with Crippen molar-refractivity contribution in [1.29, 1.82) is 0 Å². The highest BCUT2D eigenvalue weighted by Gasteiger charge is 2.23. The second kappa shape index (κ2) is 9.97. The van der Waals surface area contributed by atoms with E-state index in [-0.39, 0.29) is 11.3 Å². The summed E-state index contributed by atoms with van der Waals surface area (Å²) >= 11 is 0. The number of nitro groups is 1. The predicted molar refractivity (Wildman–Crippen MR) is 111 cm³/mol. The Morgan fingerprint density at radius 3 is 1.83 bits per heavy atom. The monoisotopic (exact) mass is 404 g/mol. The molecule has 0 bridgehead atoms. The molecule has 0 atom stereocenters. The van der Waals surface area contributed by atoms with E-state index in [0.717, 1.165) is 11.1 Å². The molecule has 1 amide bonds. The van der Waals surface area contributed by atoms with Gasteiger partial charge in [0.15, 0.2) is 6.61 Å². The van der Waals surface area contributed by atoms with E-state index in [2.05, 4.69) is 0 Å². The summed E-state index contributed by atoms with van der Waals surface area (Å²) in [5, 5.41) is 11.1. The second-order valence-corrected chi connectivity index (χ2v) is 6.57.